The number of hydrogen-bond donors (Lipinski definition) is 1. The maximum Gasteiger partial charge on any atom is 0.118 e. The molecule has 3 atom stereocenters. The quantitative estimate of drug-likeness (QED) is 0.901. The number of nitrogens with one attached hydrogen (secondary N) is 1. The molecule has 2 aliphatic rings. The number of methoxy groups -OCH3 is 1. The molecule has 1 aromatic rings. The molecule has 0 radical (unpaired) electrons. The van der Waals surface area contributed by atoms with Gasteiger partial charge in [0.05, 0.1) is 7.11 Å². The molecule has 19 heavy (non-hydrogen) atoms. The van der Waals surface area contributed by atoms with Crippen LogP contribution in [0.15, 0.2) is 24.3 Å². The Bertz CT molecular complexity index is 409. The van der Waals surface area contributed by atoms with Gasteiger partial charge in [-0.15, -0.1) is 12.4 Å². The summed E-state index contributed by atoms with van der Waals surface area (Å²) in [5.41, 5.74) is 1.43. The van der Waals surface area contributed by atoms with Crippen molar-refractivity contribution in [2.45, 2.75) is 30.8 Å². The van der Waals surface area contributed by atoms with Gasteiger partial charge < -0.3 is 15.0 Å². The Morgan fingerprint density at radius 1 is 1.26 bits per heavy atom. The minimum atomic E-state index is 0. The molecule has 2 fully saturated rings. The van der Waals surface area contributed by atoms with E-state index in [4.69, 9.17) is 4.74 Å². The van der Waals surface area contributed by atoms with Gasteiger partial charge in [-0.25, -0.2) is 0 Å². The minimum Gasteiger partial charge on any atom is -0.497 e. The molecule has 0 amide bonds. The second-order valence-electron chi connectivity index (χ2n) is 5.51. The molecule has 1 aromatic carbocycles. The number of rotatable bonds is 2. The Kier molecular flexibility index (Phi) is 4.71. The van der Waals surface area contributed by atoms with E-state index >= 15 is 0 Å². The van der Waals surface area contributed by atoms with Crippen LogP contribution < -0.4 is 10.1 Å². The van der Waals surface area contributed by atoms with Crippen LogP contribution in [0.4, 0.5) is 0 Å². The summed E-state index contributed by atoms with van der Waals surface area (Å²) in [7, 11) is 3.98. The van der Waals surface area contributed by atoms with Gasteiger partial charge in [0, 0.05) is 24.5 Å². The fraction of sp³-hybridized carbons (Fsp3) is 0.600. The van der Waals surface area contributed by atoms with Crippen LogP contribution in [0.5, 0.6) is 5.75 Å². The normalized spacial score (nSPS) is 30.5. The average molecular weight is 283 g/mol. The third kappa shape index (κ3) is 2.73. The predicted molar refractivity (Wildman–Crippen MR) is 80.4 cm³/mol. The summed E-state index contributed by atoms with van der Waals surface area (Å²) in [6.45, 7) is 2.33. The van der Waals surface area contributed by atoms with Gasteiger partial charge in [0.25, 0.3) is 0 Å². The van der Waals surface area contributed by atoms with Crippen molar-refractivity contribution in [2.24, 2.45) is 0 Å². The summed E-state index contributed by atoms with van der Waals surface area (Å²) in [5.74, 6) is 1.56. The van der Waals surface area contributed by atoms with Gasteiger partial charge in [0.15, 0.2) is 0 Å². The lowest BCUT2D eigenvalue weighted by Crippen LogP contribution is -2.47. The van der Waals surface area contributed by atoms with Crippen molar-refractivity contribution in [3.63, 3.8) is 0 Å². The van der Waals surface area contributed by atoms with Crippen LogP contribution in [-0.2, 0) is 0 Å². The maximum absolute atomic E-state index is 5.23. The molecule has 2 heterocycles. The third-order valence-corrected chi connectivity index (χ3v) is 4.50. The molecule has 0 spiro atoms. The lowest BCUT2D eigenvalue weighted by atomic mass is 9.88. The number of nitrogens with zero attached hydrogens (tertiary/aromatic N) is 1. The second-order valence-corrected chi connectivity index (χ2v) is 5.51. The van der Waals surface area contributed by atoms with E-state index in [0.717, 1.165) is 12.3 Å². The van der Waals surface area contributed by atoms with Crippen LogP contribution in [-0.4, -0.2) is 44.2 Å². The Labute approximate surface area is 121 Å². The third-order valence-electron chi connectivity index (χ3n) is 4.50. The minimum absolute atomic E-state index is 0. The highest BCUT2D eigenvalue weighted by atomic mass is 35.5. The summed E-state index contributed by atoms with van der Waals surface area (Å²) in [6, 6.07) is 9.92. The molecule has 106 valence electrons. The molecule has 4 heteroatoms. The molecule has 1 N–H and O–H groups in total. The second kappa shape index (κ2) is 6.12. The molecular weight excluding hydrogens is 260 g/mol. The van der Waals surface area contributed by atoms with E-state index < -0.39 is 0 Å². The van der Waals surface area contributed by atoms with E-state index in [0.29, 0.717) is 18.0 Å². The fourth-order valence-corrected chi connectivity index (χ4v) is 3.52. The van der Waals surface area contributed by atoms with Gasteiger partial charge in [0.1, 0.15) is 5.75 Å². The SMILES string of the molecule is COc1ccc([C@H]2CN(C)[C@@H]3CCCN[C@H]23)cc1.Cl. The zero-order valence-electron chi connectivity index (χ0n) is 11.6. The van der Waals surface area contributed by atoms with Gasteiger partial charge in [-0.2, -0.15) is 0 Å². The molecule has 2 aliphatic heterocycles. The van der Waals surface area contributed by atoms with E-state index in [1.165, 1.54) is 24.9 Å². The summed E-state index contributed by atoms with van der Waals surface area (Å²) in [4.78, 5) is 2.52. The van der Waals surface area contributed by atoms with E-state index in [1.807, 2.05) is 0 Å². The van der Waals surface area contributed by atoms with Crippen molar-refractivity contribution in [2.75, 3.05) is 27.2 Å². The molecule has 0 aliphatic carbocycles. The molecule has 3 nitrogen and oxygen atoms in total. The smallest absolute Gasteiger partial charge is 0.118 e. The highest BCUT2D eigenvalue weighted by Gasteiger charge is 2.41. The number of ether oxygens (including phenoxy) is 1. The van der Waals surface area contributed by atoms with Gasteiger partial charge in [-0.3, -0.25) is 0 Å². The van der Waals surface area contributed by atoms with E-state index in [1.54, 1.807) is 7.11 Å². The number of hydrogen-bond acceptors (Lipinski definition) is 3. The van der Waals surface area contributed by atoms with Crippen molar-refractivity contribution >= 4 is 12.4 Å². The summed E-state index contributed by atoms with van der Waals surface area (Å²) < 4.78 is 5.23. The highest BCUT2D eigenvalue weighted by Crippen LogP contribution is 2.35. The summed E-state index contributed by atoms with van der Waals surface area (Å²) >= 11 is 0. The fourth-order valence-electron chi connectivity index (χ4n) is 3.52. The van der Waals surface area contributed by atoms with E-state index in [9.17, 15) is 0 Å². The van der Waals surface area contributed by atoms with E-state index in [-0.39, 0.29) is 12.4 Å². The van der Waals surface area contributed by atoms with Gasteiger partial charge in [-0.1, -0.05) is 12.1 Å². The van der Waals surface area contributed by atoms with Crippen LogP contribution >= 0.6 is 12.4 Å². The van der Waals surface area contributed by atoms with Crippen LogP contribution in [0.1, 0.15) is 24.3 Å². The molecule has 2 saturated heterocycles. The van der Waals surface area contributed by atoms with Crippen molar-refractivity contribution in [1.82, 2.24) is 10.2 Å². The van der Waals surface area contributed by atoms with Crippen LogP contribution in [0.3, 0.4) is 0 Å². The van der Waals surface area contributed by atoms with E-state index in [2.05, 4.69) is 41.5 Å². The zero-order valence-corrected chi connectivity index (χ0v) is 12.5. The summed E-state index contributed by atoms with van der Waals surface area (Å²) in [5, 5.41) is 3.72. The van der Waals surface area contributed by atoms with Crippen molar-refractivity contribution in [1.29, 1.82) is 0 Å². The zero-order chi connectivity index (χ0) is 12.5. The molecular formula is C15H23ClN2O. The highest BCUT2D eigenvalue weighted by molar-refractivity contribution is 5.85. The lowest BCUT2D eigenvalue weighted by Gasteiger charge is -2.32. The number of likely N-dealkylation sites (N-methyl/N-ethyl adjacent to an activating group) is 1. The average Bonchev–Trinajstić information content (AvgIpc) is 2.77. The Morgan fingerprint density at radius 3 is 2.68 bits per heavy atom. The summed E-state index contributed by atoms with van der Waals surface area (Å²) in [6.07, 6.45) is 2.64. The van der Waals surface area contributed by atoms with Gasteiger partial charge >= 0.3 is 0 Å². The van der Waals surface area contributed by atoms with Crippen LogP contribution in [0, 0.1) is 0 Å². The molecule has 0 aromatic heterocycles. The standard InChI is InChI=1S/C15H22N2O.ClH/c1-17-10-13(15-14(17)4-3-9-16-15)11-5-7-12(18-2)8-6-11;/h5-8,13-16H,3-4,9-10H2,1-2H3;1H/t13-,14-,15-;/m1./s1. The largest absolute Gasteiger partial charge is 0.497 e. The first-order chi connectivity index (χ1) is 8.79. The molecule has 0 bridgehead atoms. The monoisotopic (exact) mass is 282 g/mol. The first-order valence-corrected chi connectivity index (χ1v) is 6.87. The van der Waals surface area contributed by atoms with Crippen molar-refractivity contribution < 1.29 is 4.74 Å². The Hall–Kier alpha value is -0.770. The lowest BCUT2D eigenvalue weighted by molar-refractivity contribution is 0.237. The van der Waals surface area contributed by atoms with Crippen molar-refractivity contribution in [3.8, 4) is 5.75 Å². The van der Waals surface area contributed by atoms with Crippen molar-refractivity contribution in [3.05, 3.63) is 29.8 Å². The van der Waals surface area contributed by atoms with Crippen LogP contribution in [0.25, 0.3) is 0 Å². The Morgan fingerprint density at radius 2 is 2.00 bits per heavy atom. The maximum atomic E-state index is 5.23. The molecule has 3 rings (SSSR count). The topological polar surface area (TPSA) is 24.5 Å². The van der Waals surface area contributed by atoms with Gasteiger partial charge in [0.2, 0.25) is 0 Å². The molecule has 0 unspecified atom stereocenters. The molecule has 0 saturated carbocycles. The Balaban J connectivity index is 0.00000133. The number of likely N-dealkylation sites (tertiary alicyclic amines) is 1. The first-order valence-electron chi connectivity index (χ1n) is 6.87. The number of benzene rings is 1. The number of halogens is 1. The van der Waals surface area contributed by atoms with Gasteiger partial charge in [-0.05, 0) is 44.1 Å². The predicted octanol–water partition coefficient (Wildman–Crippen LogP) is 2.27. The number of fused-ring (bicyclic) bond motifs is 1. The number of piperidine rings is 1. The van der Waals surface area contributed by atoms with Crippen LogP contribution in [0.2, 0.25) is 0 Å². The first kappa shape index (κ1) is 14.6.